The highest BCUT2D eigenvalue weighted by molar-refractivity contribution is 5.80. The van der Waals surface area contributed by atoms with Crippen LogP contribution in [-0.4, -0.2) is 36.3 Å². The van der Waals surface area contributed by atoms with Crippen LogP contribution in [0, 0.1) is 0 Å². The number of carbonyl (C=O) groups is 1. The van der Waals surface area contributed by atoms with Crippen molar-refractivity contribution in [3.63, 3.8) is 0 Å². The van der Waals surface area contributed by atoms with Crippen molar-refractivity contribution in [2.45, 2.75) is 59.6 Å². The molecule has 1 aromatic rings. The quantitative estimate of drug-likeness (QED) is 0.433. The number of ether oxygens (including phenoxy) is 1. The summed E-state index contributed by atoms with van der Waals surface area (Å²) < 4.78 is 10.3. The summed E-state index contributed by atoms with van der Waals surface area (Å²) in [5.41, 5.74) is 0.921. The van der Waals surface area contributed by atoms with Gasteiger partial charge in [0.05, 0.1) is 18.2 Å². The van der Waals surface area contributed by atoms with E-state index in [1.807, 2.05) is 26.8 Å². The molecule has 7 heteroatoms. The maximum Gasteiger partial charge on any atom is 0.307 e. The molecule has 0 fully saturated rings. The number of esters is 1. The Kier molecular flexibility index (Phi) is 8.15. The SMILES string of the molecule is CCNC(=NCc1cc(C(C)C)no1)NCCC(=O)OC(C)C. The molecule has 0 atom stereocenters. The fourth-order valence-corrected chi connectivity index (χ4v) is 1.78. The van der Waals surface area contributed by atoms with Crippen LogP contribution in [0.1, 0.15) is 58.4 Å². The Morgan fingerprint density at radius 1 is 1.35 bits per heavy atom. The largest absolute Gasteiger partial charge is 0.463 e. The van der Waals surface area contributed by atoms with Gasteiger partial charge in [-0.05, 0) is 26.7 Å². The summed E-state index contributed by atoms with van der Waals surface area (Å²) >= 11 is 0. The zero-order chi connectivity index (χ0) is 17.2. The van der Waals surface area contributed by atoms with E-state index in [1.54, 1.807) is 0 Å². The monoisotopic (exact) mass is 324 g/mol. The third-order valence-electron chi connectivity index (χ3n) is 2.89. The lowest BCUT2D eigenvalue weighted by molar-refractivity contribution is -0.147. The van der Waals surface area contributed by atoms with Gasteiger partial charge < -0.3 is 19.9 Å². The number of aliphatic imine (C=N–C) groups is 1. The van der Waals surface area contributed by atoms with Gasteiger partial charge in [-0.1, -0.05) is 19.0 Å². The fourth-order valence-electron chi connectivity index (χ4n) is 1.78. The predicted molar refractivity (Wildman–Crippen MR) is 89.3 cm³/mol. The lowest BCUT2D eigenvalue weighted by Gasteiger charge is -2.11. The van der Waals surface area contributed by atoms with E-state index >= 15 is 0 Å². The highest BCUT2D eigenvalue weighted by atomic mass is 16.5. The highest BCUT2D eigenvalue weighted by Gasteiger charge is 2.08. The number of nitrogens with zero attached hydrogens (tertiary/aromatic N) is 2. The fraction of sp³-hybridized carbons (Fsp3) is 0.688. The minimum Gasteiger partial charge on any atom is -0.463 e. The van der Waals surface area contributed by atoms with E-state index < -0.39 is 0 Å². The van der Waals surface area contributed by atoms with Crippen LogP contribution >= 0.6 is 0 Å². The number of carbonyl (C=O) groups excluding carboxylic acids is 1. The Morgan fingerprint density at radius 3 is 2.65 bits per heavy atom. The predicted octanol–water partition coefficient (Wildman–Crippen LogP) is 2.19. The van der Waals surface area contributed by atoms with Crippen LogP contribution in [0.3, 0.4) is 0 Å². The van der Waals surface area contributed by atoms with E-state index in [4.69, 9.17) is 9.26 Å². The van der Waals surface area contributed by atoms with Crippen molar-refractivity contribution in [3.05, 3.63) is 17.5 Å². The van der Waals surface area contributed by atoms with Crippen molar-refractivity contribution < 1.29 is 14.1 Å². The second-order valence-electron chi connectivity index (χ2n) is 5.78. The number of aromatic nitrogens is 1. The summed E-state index contributed by atoms with van der Waals surface area (Å²) in [6.07, 6.45) is 0.202. The Hall–Kier alpha value is -2.05. The van der Waals surface area contributed by atoms with Crippen LogP contribution in [0.2, 0.25) is 0 Å². The molecule has 130 valence electrons. The van der Waals surface area contributed by atoms with Crippen LogP contribution in [0.15, 0.2) is 15.6 Å². The van der Waals surface area contributed by atoms with E-state index in [9.17, 15) is 4.79 Å². The van der Waals surface area contributed by atoms with Gasteiger partial charge in [0.15, 0.2) is 11.7 Å². The molecule has 0 amide bonds. The van der Waals surface area contributed by atoms with Gasteiger partial charge >= 0.3 is 5.97 Å². The first-order valence-corrected chi connectivity index (χ1v) is 8.09. The lowest BCUT2D eigenvalue weighted by Crippen LogP contribution is -2.38. The van der Waals surface area contributed by atoms with Gasteiger partial charge in [-0.25, -0.2) is 4.99 Å². The minimum atomic E-state index is -0.222. The average molecular weight is 324 g/mol. The Morgan fingerprint density at radius 2 is 2.09 bits per heavy atom. The Bertz CT molecular complexity index is 509. The number of nitrogens with one attached hydrogen (secondary N) is 2. The molecule has 0 aromatic carbocycles. The van der Waals surface area contributed by atoms with Gasteiger partial charge in [-0.3, -0.25) is 4.79 Å². The standard InChI is InChI=1S/C16H28N4O3/c1-6-17-16(18-8-7-15(21)22-12(4)5)19-10-13-9-14(11(2)3)20-23-13/h9,11-12H,6-8,10H2,1-5H3,(H2,17,18,19). The second-order valence-corrected chi connectivity index (χ2v) is 5.78. The molecule has 1 heterocycles. The van der Waals surface area contributed by atoms with Crippen LogP contribution in [0.5, 0.6) is 0 Å². The van der Waals surface area contributed by atoms with Gasteiger partial charge in [0.2, 0.25) is 0 Å². The Balaban J connectivity index is 2.47. The van der Waals surface area contributed by atoms with E-state index in [1.165, 1.54) is 0 Å². The summed E-state index contributed by atoms with van der Waals surface area (Å²) in [5.74, 6) is 1.45. The van der Waals surface area contributed by atoms with Gasteiger partial charge in [0.25, 0.3) is 0 Å². The van der Waals surface area contributed by atoms with E-state index in [0.717, 1.165) is 12.2 Å². The molecular weight excluding hydrogens is 296 g/mol. The number of rotatable bonds is 8. The van der Waals surface area contributed by atoms with Crippen molar-refractivity contribution in [2.24, 2.45) is 4.99 Å². The van der Waals surface area contributed by atoms with Gasteiger partial charge in [-0.2, -0.15) is 0 Å². The molecule has 0 saturated carbocycles. The van der Waals surface area contributed by atoms with Crippen molar-refractivity contribution in [1.29, 1.82) is 0 Å². The highest BCUT2D eigenvalue weighted by Crippen LogP contribution is 2.14. The molecule has 7 nitrogen and oxygen atoms in total. The maximum atomic E-state index is 11.5. The lowest BCUT2D eigenvalue weighted by atomic mass is 10.1. The van der Waals surface area contributed by atoms with Gasteiger partial charge in [-0.15, -0.1) is 0 Å². The first-order valence-electron chi connectivity index (χ1n) is 8.09. The van der Waals surface area contributed by atoms with Crippen molar-refractivity contribution in [1.82, 2.24) is 15.8 Å². The number of guanidine groups is 1. The summed E-state index contributed by atoms with van der Waals surface area (Å²) in [7, 11) is 0. The van der Waals surface area contributed by atoms with Gasteiger partial charge in [0.1, 0.15) is 6.54 Å². The molecule has 0 aliphatic carbocycles. The first kappa shape index (κ1) is 19.0. The normalized spacial score (nSPS) is 11.9. The zero-order valence-electron chi connectivity index (χ0n) is 14.7. The zero-order valence-corrected chi connectivity index (χ0v) is 14.7. The first-order chi connectivity index (χ1) is 10.9. The summed E-state index contributed by atoms with van der Waals surface area (Å²) in [5, 5.41) is 10.2. The van der Waals surface area contributed by atoms with Crippen LogP contribution in [0.4, 0.5) is 0 Å². The molecule has 1 rings (SSSR count). The van der Waals surface area contributed by atoms with Crippen molar-refractivity contribution in [2.75, 3.05) is 13.1 Å². The Labute approximate surface area is 137 Å². The molecule has 0 radical (unpaired) electrons. The molecule has 23 heavy (non-hydrogen) atoms. The molecule has 0 bridgehead atoms. The molecule has 0 unspecified atom stereocenters. The summed E-state index contributed by atoms with van der Waals surface area (Å²) in [6.45, 7) is 11.4. The molecule has 0 aliphatic heterocycles. The second kappa shape index (κ2) is 9.86. The summed E-state index contributed by atoms with van der Waals surface area (Å²) in [6, 6.07) is 1.91. The molecule has 0 spiro atoms. The smallest absolute Gasteiger partial charge is 0.307 e. The molecular formula is C16H28N4O3. The molecule has 2 N–H and O–H groups in total. The van der Waals surface area contributed by atoms with Gasteiger partial charge in [0, 0.05) is 19.2 Å². The van der Waals surface area contributed by atoms with Crippen molar-refractivity contribution in [3.8, 4) is 0 Å². The third-order valence-corrected chi connectivity index (χ3v) is 2.89. The topological polar surface area (TPSA) is 88.8 Å². The van der Waals surface area contributed by atoms with Crippen molar-refractivity contribution >= 4 is 11.9 Å². The van der Waals surface area contributed by atoms with E-state index in [-0.39, 0.29) is 12.1 Å². The molecule has 1 aromatic heterocycles. The van der Waals surface area contributed by atoms with E-state index in [2.05, 4.69) is 34.6 Å². The summed E-state index contributed by atoms with van der Waals surface area (Å²) in [4.78, 5) is 15.9. The molecule has 0 aliphatic rings. The molecule has 0 saturated heterocycles. The third kappa shape index (κ3) is 7.67. The average Bonchev–Trinajstić information content (AvgIpc) is 2.93. The number of hydrogen-bond acceptors (Lipinski definition) is 5. The minimum absolute atomic E-state index is 0.0917. The van der Waals surface area contributed by atoms with E-state index in [0.29, 0.717) is 37.1 Å². The number of hydrogen-bond donors (Lipinski definition) is 2. The van der Waals surface area contributed by atoms with Crippen LogP contribution in [0.25, 0.3) is 0 Å². The van der Waals surface area contributed by atoms with Crippen LogP contribution in [-0.2, 0) is 16.1 Å². The maximum absolute atomic E-state index is 11.5. The van der Waals surface area contributed by atoms with Crippen LogP contribution < -0.4 is 10.6 Å².